The molecule has 3 aromatic rings. The number of hydrogen-bond donors (Lipinski definition) is 2. The molecule has 0 spiro atoms. The molecule has 162 valence electrons. The molecule has 7 nitrogen and oxygen atoms in total. The number of methoxy groups -OCH3 is 1. The van der Waals surface area contributed by atoms with Crippen LogP contribution in [0.1, 0.15) is 15.9 Å². The maximum absolute atomic E-state index is 12.6. The highest BCUT2D eigenvalue weighted by molar-refractivity contribution is 7.92. The van der Waals surface area contributed by atoms with Gasteiger partial charge >= 0.3 is 0 Å². The SMILES string of the molecule is COc1ccc(S(=O)(=O)Nc2cccc(C(=O)NCCOc3ccc(C)cc3)c2)cc1. The number of anilines is 1. The number of rotatable bonds is 9. The van der Waals surface area contributed by atoms with Crippen LogP contribution in [0.15, 0.2) is 77.7 Å². The highest BCUT2D eigenvalue weighted by atomic mass is 32.2. The predicted octanol–water partition coefficient (Wildman–Crippen LogP) is 3.61. The van der Waals surface area contributed by atoms with Crippen molar-refractivity contribution in [3.63, 3.8) is 0 Å². The fraction of sp³-hybridized carbons (Fsp3) is 0.174. The summed E-state index contributed by atoms with van der Waals surface area (Å²) < 4.78 is 38.3. The molecule has 0 bridgehead atoms. The molecule has 3 rings (SSSR count). The average molecular weight is 441 g/mol. The van der Waals surface area contributed by atoms with E-state index in [1.54, 1.807) is 30.3 Å². The van der Waals surface area contributed by atoms with Gasteiger partial charge in [-0.3, -0.25) is 9.52 Å². The molecule has 0 atom stereocenters. The lowest BCUT2D eigenvalue weighted by atomic mass is 10.2. The van der Waals surface area contributed by atoms with Crippen molar-refractivity contribution >= 4 is 21.6 Å². The van der Waals surface area contributed by atoms with E-state index in [4.69, 9.17) is 9.47 Å². The Hall–Kier alpha value is -3.52. The number of aryl methyl sites for hydroxylation is 1. The van der Waals surface area contributed by atoms with Crippen LogP contribution in [0.5, 0.6) is 11.5 Å². The zero-order valence-corrected chi connectivity index (χ0v) is 18.1. The molecule has 0 saturated heterocycles. The largest absolute Gasteiger partial charge is 0.497 e. The number of carbonyl (C=O) groups is 1. The molecule has 1 amide bonds. The molecule has 0 radical (unpaired) electrons. The monoisotopic (exact) mass is 440 g/mol. The lowest BCUT2D eigenvalue weighted by molar-refractivity contribution is 0.0947. The van der Waals surface area contributed by atoms with Gasteiger partial charge in [-0.1, -0.05) is 23.8 Å². The molecule has 2 N–H and O–H groups in total. The number of ether oxygens (including phenoxy) is 2. The van der Waals surface area contributed by atoms with Crippen LogP contribution in [0.4, 0.5) is 5.69 Å². The maximum Gasteiger partial charge on any atom is 0.261 e. The third kappa shape index (κ3) is 6.23. The van der Waals surface area contributed by atoms with Crippen LogP contribution in [0.3, 0.4) is 0 Å². The molecule has 3 aromatic carbocycles. The van der Waals surface area contributed by atoms with Crippen molar-refractivity contribution in [3.8, 4) is 11.5 Å². The van der Waals surface area contributed by atoms with Gasteiger partial charge in [-0.05, 0) is 61.5 Å². The molecule has 8 heteroatoms. The fourth-order valence-electron chi connectivity index (χ4n) is 2.76. The van der Waals surface area contributed by atoms with Crippen molar-refractivity contribution in [1.82, 2.24) is 5.32 Å². The number of hydrogen-bond acceptors (Lipinski definition) is 5. The summed E-state index contributed by atoms with van der Waals surface area (Å²) in [5.41, 5.74) is 1.77. The quantitative estimate of drug-likeness (QED) is 0.496. The topological polar surface area (TPSA) is 93.7 Å². The molecule has 0 aliphatic rings. The Balaban J connectivity index is 1.57. The third-order valence-corrected chi connectivity index (χ3v) is 5.82. The van der Waals surface area contributed by atoms with Gasteiger partial charge in [0.05, 0.1) is 18.6 Å². The normalized spacial score (nSPS) is 10.9. The van der Waals surface area contributed by atoms with Crippen LogP contribution in [0.2, 0.25) is 0 Å². The summed E-state index contributed by atoms with van der Waals surface area (Å²) in [5, 5.41) is 2.76. The summed E-state index contributed by atoms with van der Waals surface area (Å²) in [6.07, 6.45) is 0. The molecule has 0 heterocycles. The Bertz CT molecular complexity index is 1130. The number of benzene rings is 3. The molecular formula is C23H24N2O5S. The molecule has 0 unspecified atom stereocenters. The van der Waals surface area contributed by atoms with Gasteiger partial charge in [0.2, 0.25) is 0 Å². The fourth-order valence-corrected chi connectivity index (χ4v) is 3.81. The summed E-state index contributed by atoms with van der Waals surface area (Å²) in [7, 11) is -2.29. The summed E-state index contributed by atoms with van der Waals surface area (Å²) in [6.45, 7) is 2.63. The van der Waals surface area contributed by atoms with E-state index >= 15 is 0 Å². The minimum absolute atomic E-state index is 0.0939. The zero-order chi connectivity index (χ0) is 22.3. The standard InChI is InChI=1S/C23H24N2O5S/c1-17-6-8-21(9-7-17)30-15-14-24-23(26)18-4-3-5-19(16-18)25-31(27,28)22-12-10-20(29-2)11-13-22/h3-13,16,25H,14-15H2,1-2H3,(H,24,26). The van der Waals surface area contributed by atoms with E-state index in [0.29, 0.717) is 30.2 Å². The van der Waals surface area contributed by atoms with Crippen molar-refractivity contribution in [3.05, 3.63) is 83.9 Å². The Morgan fingerprint density at radius 2 is 1.61 bits per heavy atom. The van der Waals surface area contributed by atoms with Crippen LogP contribution < -0.4 is 19.5 Å². The summed E-state index contributed by atoms with van der Waals surface area (Å²) in [4.78, 5) is 12.5. The van der Waals surface area contributed by atoms with Crippen molar-refractivity contribution in [2.24, 2.45) is 0 Å². The van der Waals surface area contributed by atoms with E-state index in [2.05, 4.69) is 10.0 Å². The Kier molecular flexibility index (Phi) is 7.15. The second-order valence-corrected chi connectivity index (χ2v) is 8.46. The van der Waals surface area contributed by atoms with E-state index < -0.39 is 10.0 Å². The van der Waals surface area contributed by atoms with E-state index in [-0.39, 0.29) is 10.8 Å². The highest BCUT2D eigenvalue weighted by Gasteiger charge is 2.15. The summed E-state index contributed by atoms with van der Waals surface area (Å²) >= 11 is 0. The second-order valence-electron chi connectivity index (χ2n) is 6.78. The molecule has 31 heavy (non-hydrogen) atoms. The molecule has 0 saturated carbocycles. The molecule has 0 fully saturated rings. The smallest absolute Gasteiger partial charge is 0.261 e. The molecule has 0 aromatic heterocycles. The van der Waals surface area contributed by atoms with Gasteiger partial charge in [-0.25, -0.2) is 8.42 Å². The minimum Gasteiger partial charge on any atom is -0.497 e. The lowest BCUT2D eigenvalue weighted by Gasteiger charge is -2.11. The van der Waals surface area contributed by atoms with Crippen molar-refractivity contribution in [2.75, 3.05) is 25.0 Å². The third-order valence-electron chi connectivity index (χ3n) is 4.42. The van der Waals surface area contributed by atoms with Crippen LogP contribution in [-0.2, 0) is 10.0 Å². The maximum atomic E-state index is 12.6. The van der Waals surface area contributed by atoms with E-state index in [1.807, 2.05) is 31.2 Å². The number of nitrogens with one attached hydrogen (secondary N) is 2. The first-order chi connectivity index (χ1) is 14.9. The zero-order valence-electron chi connectivity index (χ0n) is 17.3. The Morgan fingerprint density at radius 3 is 2.29 bits per heavy atom. The highest BCUT2D eigenvalue weighted by Crippen LogP contribution is 2.20. The first-order valence-corrected chi connectivity index (χ1v) is 11.1. The predicted molar refractivity (Wildman–Crippen MR) is 119 cm³/mol. The van der Waals surface area contributed by atoms with Gasteiger partial charge in [0.25, 0.3) is 15.9 Å². The van der Waals surface area contributed by atoms with E-state index in [1.165, 1.54) is 25.3 Å². The summed E-state index contributed by atoms with van der Waals surface area (Å²) in [6, 6.07) is 20.0. The van der Waals surface area contributed by atoms with Crippen LogP contribution in [-0.4, -0.2) is 34.6 Å². The minimum atomic E-state index is -3.79. The van der Waals surface area contributed by atoms with Crippen LogP contribution in [0, 0.1) is 6.92 Å². The van der Waals surface area contributed by atoms with Gasteiger partial charge in [0.15, 0.2) is 0 Å². The number of amides is 1. The van der Waals surface area contributed by atoms with Crippen molar-refractivity contribution < 1.29 is 22.7 Å². The van der Waals surface area contributed by atoms with Gasteiger partial charge in [0.1, 0.15) is 18.1 Å². The lowest BCUT2D eigenvalue weighted by Crippen LogP contribution is -2.28. The molecular weight excluding hydrogens is 416 g/mol. The van der Waals surface area contributed by atoms with Gasteiger partial charge < -0.3 is 14.8 Å². The van der Waals surface area contributed by atoms with E-state index in [0.717, 1.165) is 11.3 Å². The van der Waals surface area contributed by atoms with Gasteiger partial charge in [-0.15, -0.1) is 0 Å². The van der Waals surface area contributed by atoms with Gasteiger partial charge in [-0.2, -0.15) is 0 Å². The van der Waals surface area contributed by atoms with Crippen LogP contribution >= 0.6 is 0 Å². The van der Waals surface area contributed by atoms with Crippen molar-refractivity contribution in [1.29, 1.82) is 0 Å². The number of sulfonamides is 1. The second kappa shape index (κ2) is 9.99. The number of carbonyl (C=O) groups excluding carboxylic acids is 1. The molecule has 0 aliphatic heterocycles. The van der Waals surface area contributed by atoms with Gasteiger partial charge in [0, 0.05) is 11.3 Å². The Morgan fingerprint density at radius 1 is 0.935 bits per heavy atom. The first kappa shape index (κ1) is 22.2. The average Bonchev–Trinajstić information content (AvgIpc) is 2.77. The molecule has 0 aliphatic carbocycles. The van der Waals surface area contributed by atoms with Crippen LogP contribution in [0.25, 0.3) is 0 Å². The van der Waals surface area contributed by atoms with Crippen molar-refractivity contribution in [2.45, 2.75) is 11.8 Å². The Labute approximate surface area is 182 Å². The summed E-state index contributed by atoms with van der Waals surface area (Å²) in [5.74, 6) is 0.969. The first-order valence-electron chi connectivity index (χ1n) is 9.62. The van der Waals surface area contributed by atoms with E-state index in [9.17, 15) is 13.2 Å².